The fourth-order valence-corrected chi connectivity index (χ4v) is 0.669. The van der Waals surface area contributed by atoms with Crippen LogP contribution in [0, 0.1) is 0 Å². The monoisotopic (exact) mass is 156 g/mol. The minimum atomic E-state index is -0.424. The van der Waals surface area contributed by atoms with Gasteiger partial charge in [-0.3, -0.25) is 15.1 Å². The molecule has 0 saturated carbocycles. The van der Waals surface area contributed by atoms with Gasteiger partial charge in [0.2, 0.25) is 0 Å². The molecule has 0 bridgehead atoms. The van der Waals surface area contributed by atoms with Gasteiger partial charge in [-0.1, -0.05) is 0 Å². The van der Waals surface area contributed by atoms with E-state index >= 15 is 0 Å². The van der Waals surface area contributed by atoms with Crippen molar-refractivity contribution in [3.8, 4) is 5.75 Å². The van der Waals surface area contributed by atoms with Crippen LogP contribution in [0.1, 0.15) is 0 Å². The van der Waals surface area contributed by atoms with Crippen molar-refractivity contribution >= 4 is 5.69 Å². The van der Waals surface area contributed by atoms with Gasteiger partial charge in [0, 0.05) is 6.20 Å². The fraction of sp³-hybridized carbons (Fsp3) is 0.167. The summed E-state index contributed by atoms with van der Waals surface area (Å²) < 4.78 is 0. The number of aromatic nitrogens is 1. The van der Waals surface area contributed by atoms with Gasteiger partial charge >= 0.3 is 0 Å². The second-order valence-electron chi connectivity index (χ2n) is 1.87. The molecular weight excluding hydrogens is 148 g/mol. The first-order valence-corrected chi connectivity index (χ1v) is 2.95. The second-order valence-corrected chi connectivity index (χ2v) is 1.87. The van der Waals surface area contributed by atoms with Crippen molar-refractivity contribution in [3.05, 3.63) is 22.6 Å². The normalized spacial score (nSPS) is 9.55. The van der Waals surface area contributed by atoms with Crippen molar-refractivity contribution in [3.63, 3.8) is 0 Å². The molecule has 1 aromatic heterocycles. The molecule has 3 N–H and O–H groups in total. The van der Waals surface area contributed by atoms with Gasteiger partial charge in [-0.2, -0.15) is 0 Å². The first-order valence-electron chi connectivity index (χ1n) is 2.95. The zero-order valence-corrected chi connectivity index (χ0v) is 5.92. The van der Waals surface area contributed by atoms with Crippen molar-refractivity contribution < 1.29 is 9.94 Å². The number of pyridine rings is 1. The van der Waals surface area contributed by atoms with Crippen LogP contribution < -0.4 is 11.0 Å². The van der Waals surface area contributed by atoms with Crippen molar-refractivity contribution in [2.75, 3.05) is 12.6 Å². The Balaban J connectivity index is 3.10. The summed E-state index contributed by atoms with van der Waals surface area (Å²) >= 11 is 0. The van der Waals surface area contributed by atoms with Crippen LogP contribution in [0.4, 0.5) is 5.69 Å². The molecule has 0 amide bonds. The first kappa shape index (κ1) is 7.62. The quantitative estimate of drug-likeness (QED) is 0.529. The Bertz CT molecular complexity index is 294. The van der Waals surface area contributed by atoms with Crippen molar-refractivity contribution in [1.82, 2.24) is 4.98 Å². The Morgan fingerprint density at radius 2 is 2.45 bits per heavy atom. The van der Waals surface area contributed by atoms with Gasteiger partial charge in [0.1, 0.15) is 5.75 Å². The number of aromatic amines is 1. The van der Waals surface area contributed by atoms with Crippen molar-refractivity contribution in [2.45, 2.75) is 0 Å². The van der Waals surface area contributed by atoms with Gasteiger partial charge in [0.05, 0.1) is 7.11 Å². The summed E-state index contributed by atoms with van der Waals surface area (Å²) in [4.78, 5) is 17.7. The van der Waals surface area contributed by atoms with Crippen LogP contribution in [0.5, 0.6) is 5.75 Å². The molecule has 11 heavy (non-hydrogen) atoms. The minimum absolute atomic E-state index is 0.00926. The number of H-pyrrole nitrogens is 1. The molecule has 5 nitrogen and oxygen atoms in total. The Morgan fingerprint density at radius 1 is 1.73 bits per heavy atom. The molecule has 1 aromatic rings. The van der Waals surface area contributed by atoms with E-state index in [4.69, 9.17) is 5.11 Å². The molecule has 0 saturated heterocycles. The minimum Gasteiger partial charge on any atom is -0.505 e. The number of aromatic hydroxyl groups is 1. The Hall–Kier alpha value is -1.49. The van der Waals surface area contributed by atoms with Crippen LogP contribution in [-0.2, 0) is 4.84 Å². The average Bonchev–Trinajstić information content (AvgIpc) is 1.97. The van der Waals surface area contributed by atoms with Crippen molar-refractivity contribution in [2.24, 2.45) is 0 Å². The summed E-state index contributed by atoms with van der Waals surface area (Å²) in [7, 11) is 1.35. The highest BCUT2D eigenvalue weighted by molar-refractivity contribution is 5.51. The maximum absolute atomic E-state index is 10.9. The van der Waals surface area contributed by atoms with E-state index in [9.17, 15) is 4.79 Å². The van der Waals surface area contributed by atoms with Gasteiger partial charge in [-0.15, -0.1) is 0 Å². The zero-order chi connectivity index (χ0) is 8.27. The summed E-state index contributed by atoms with van der Waals surface area (Å²) in [6.07, 6.45) is 1.35. The molecule has 0 unspecified atom stereocenters. The van der Waals surface area contributed by atoms with Gasteiger partial charge in [-0.25, -0.2) is 0 Å². The molecule has 0 aliphatic heterocycles. The third kappa shape index (κ3) is 1.50. The first-order chi connectivity index (χ1) is 5.25. The molecule has 5 heteroatoms. The molecule has 0 aliphatic rings. The topological polar surface area (TPSA) is 74.3 Å². The van der Waals surface area contributed by atoms with Crippen molar-refractivity contribution in [1.29, 1.82) is 0 Å². The lowest BCUT2D eigenvalue weighted by molar-refractivity contribution is 0.268. The molecule has 0 fully saturated rings. The highest BCUT2D eigenvalue weighted by Crippen LogP contribution is 2.14. The molecule has 0 aromatic carbocycles. The predicted octanol–water partition coefficient (Wildman–Crippen LogP) is 0.0538. The van der Waals surface area contributed by atoms with Crippen LogP contribution in [0.25, 0.3) is 0 Å². The van der Waals surface area contributed by atoms with Crippen LogP contribution in [0.2, 0.25) is 0 Å². The summed E-state index contributed by atoms with van der Waals surface area (Å²) in [6.45, 7) is 0. The lowest BCUT2D eigenvalue weighted by Crippen LogP contribution is -2.12. The number of hydrogen-bond donors (Lipinski definition) is 3. The van der Waals surface area contributed by atoms with E-state index in [0.717, 1.165) is 0 Å². The molecule has 1 heterocycles. The third-order valence-corrected chi connectivity index (χ3v) is 1.14. The van der Waals surface area contributed by atoms with Gasteiger partial charge in [0.15, 0.2) is 5.69 Å². The van der Waals surface area contributed by atoms with E-state index in [0.29, 0.717) is 0 Å². The van der Waals surface area contributed by atoms with E-state index in [-0.39, 0.29) is 11.4 Å². The molecule has 0 aliphatic carbocycles. The Labute approximate surface area is 62.6 Å². The van der Waals surface area contributed by atoms with Crippen LogP contribution in [0.3, 0.4) is 0 Å². The highest BCUT2D eigenvalue weighted by Gasteiger charge is 2.02. The SMILES string of the molecule is CONc1c(O)cc[nH]c1=O. The smallest absolute Gasteiger partial charge is 0.277 e. The van der Waals surface area contributed by atoms with Gasteiger partial charge < -0.3 is 10.1 Å². The van der Waals surface area contributed by atoms with E-state index < -0.39 is 5.56 Å². The molecule has 0 radical (unpaired) electrons. The highest BCUT2D eigenvalue weighted by atomic mass is 16.6. The predicted molar refractivity (Wildman–Crippen MR) is 39.4 cm³/mol. The van der Waals surface area contributed by atoms with Gasteiger partial charge in [-0.05, 0) is 6.07 Å². The van der Waals surface area contributed by atoms with E-state index in [1.165, 1.54) is 19.4 Å². The number of nitrogens with one attached hydrogen (secondary N) is 2. The molecule has 1 rings (SSSR count). The van der Waals surface area contributed by atoms with E-state index in [1.807, 2.05) is 0 Å². The summed E-state index contributed by atoms with van der Waals surface area (Å²) in [5, 5.41) is 9.06. The molecule has 0 spiro atoms. The maximum atomic E-state index is 10.9. The van der Waals surface area contributed by atoms with Crippen LogP contribution in [-0.4, -0.2) is 17.2 Å². The van der Waals surface area contributed by atoms with E-state index in [1.54, 1.807) is 0 Å². The summed E-state index contributed by atoms with van der Waals surface area (Å²) in [6, 6.07) is 1.35. The molecule has 60 valence electrons. The molecule has 0 atom stereocenters. The largest absolute Gasteiger partial charge is 0.505 e. The van der Waals surface area contributed by atoms with Crippen LogP contribution >= 0.6 is 0 Å². The van der Waals surface area contributed by atoms with E-state index in [2.05, 4.69) is 15.3 Å². The number of rotatable bonds is 2. The summed E-state index contributed by atoms with van der Waals surface area (Å²) in [5.41, 5.74) is 1.84. The Morgan fingerprint density at radius 3 is 3.00 bits per heavy atom. The number of hydrogen-bond acceptors (Lipinski definition) is 4. The lowest BCUT2D eigenvalue weighted by atomic mass is 10.4. The second kappa shape index (κ2) is 3.07. The fourth-order valence-electron chi connectivity index (χ4n) is 0.669. The van der Waals surface area contributed by atoms with Crippen LogP contribution in [0.15, 0.2) is 17.1 Å². The Kier molecular flexibility index (Phi) is 2.12. The molecular formula is C6H8N2O3. The standard InChI is InChI=1S/C6H8N2O3/c1-11-8-5-4(9)2-3-7-6(5)10/h2-3,8H,1H3,(H2,7,9,10). The maximum Gasteiger partial charge on any atom is 0.277 e. The third-order valence-electron chi connectivity index (χ3n) is 1.14. The average molecular weight is 156 g/mol. The number of anilines is 1. The zero-order valence-electron chi connectivity index (χ0n) is 5.92. The lowest BCUT2D eigenvalue weighted by Gasteiger charge is -2.02. The summed E-state index contributed by atoms with van der Waals surface area (Å²) in [5.74, 6) is -0.143. The van der Waals surface area contributed by atoms with Gasteiger partial charge in [0.25, 0.3) is 5.56 Å².